The van der Waals surface area contributed by atoms with E-state index in [4.69, 9.17) is 4.74 Å². The van der Waals surface area contributed by atoms with E-state index in [1.165, 1.54) is 11.3 Å². The fourth-order valence-electron chi connectivity index (χ4n) is 2.55. The van der Waals surface area contributed by atoms with E-state index in [2.05, 4.69) is 5.32 Å². The highest BCUT2D eigenvalue weighted by molar-refractivity contribution is 7.12. The fraction of sp³-hybridized carbons (Fsp3) is 0.350. The number of carbonyl (C=O) groups excluding carboxylic acids is 3. The summed E-state index contributed by atoms with van der Waals surface area (Å²) >= 11 is 1.30. The number of hydrogen-bond acceptors (Lipinski definition) is 5. The zero-order valence-corrected chi connectivity index (χ0v) is 16.2. The molecule has 0 saturated heterocycles. The minimum absolute atomic E-state index is 0.164. The van der Waals surface area contributed by atoms with E-state index in [1.807, 2.05) is 39.8 Å². The molecule has 0 aliphatic carbocycles. The van der Waals surface area contributed by atoms with Crippen LogP contribution in [0.2, 0.25) is 0 Å². The van der Waals surface area contributed by atoms with Gasteiger partial charge in [0.25, 0.3) is 5.91 Å². The van der Waals surface area contributed by atoms with Gasteiger partial charge < -0.3 is 10.1 Å². The topological polar surface area (TPSA) is 72.5 Å². The molecule has 0 spiro atoms. The highest BCUT2D eigenvalue weighted by atomic mass is 32.1. The summed E-state index contributed by atoms with van der Waals surface area (Å²) in [5, 5.41) is 4.48. The van der Waals surface area contributed by atoms with Crippen LogP contribution in [-0.4, -0.2) is 30.3 Å². The minimum atomic E-state index is -0.809. The Bertz CT molecular complexity index is 796. The summed E-state index contributed by atoms with van der Waals surface area (Å²) in [6, 6.07) is 8.14. The molecule has 2 aromatic rings. The lowest BCUT2D eigenvalue weighted by molar-refractivity contribution is -0.145. The molecular weight excluding hydrogens is 350 g/mol. The number of benzene rings is 1. The summed E-state index contributed by atoms with van der Waals surface area (Å²) in [5.41, 5.74) is 2.44. The second-order valence-electron chi connectivity index (χ2n) is 6.52. The molecular formula is C20H23NO4S. The van der Waals surface area contributed by atoms with Crippen LogP contribution in [0.25, 0.3) is 0 Å². The van der Waals surface area contributed by atoms with Crippen LogP contribution in [0.3, 0.4) is 0 Å². The number of ether oxygens (including phenoxy) is 1. The molecule has 1 heterocycles. The molecule has 0 unspecified atom stereocenters. The molecule has 2 rings (SSSR count). The molecule has 1 N–H and O–H groups in total. The van der Waals surface area contributed by atoms with Crippen LogP contribution in [0.1, 0.15) is 45.0 Å². The maximum atomic E-state index is 12.4. The molecule has 1 aromatic carbocycles. The predicted molar refractivity (Wildman–Crippen MR) is 102 cm³/mol. The summed E-state index contributed by atoms with van der Waals surface area (Å²) < 4.78 is 5.19. The van der Waals surface area contributed by atoms with E-state index in [1.54, 1.807) is 23.6 Å². The standard InChI is InChI=1S/C20H23NO4S/c1-12(2)18(21-19(23)17-6-5-9-26-17)20(24)25-11-16(22)15-8-7-13(3)10-14(15)4/h5-10,12,18H,11H2,1-4H3,(H,21,23)/t18-/m0/s1. The Kier molecular flexibility index (Phi) is 6.69. The SMILES string of the molecule is Cc1ccc(C(=O)COC(=O)[C@@H](NC(=O)c2cccs2)C(C)C)c(C)c1. The summed E-state index contributed by atoms with van der Waals surface area (Å²) in [4.78, 5) is 37.4. The molecule has 0 fully saturated rings. The molecule has 0 radical (unpaired) electrons. The lowest BCUT2D eigenvalue weighted by atomic mass is 10.0. The number of esters is 1. The monoisotopic (exact) mass is 373 g/mol. The quantitative estimate of drug-likeness (QED) is 0.595. The summed E-state index contributed by atoms with van der Waals surface area (Å²) in [6.07, 6.45) is 0. The van der Waals surface area contributed by atoms with E-state index in [9.17, 15) is 14.4 Å². The number of ketones is 1. The number of aryl methyl sites for hydroxylation is 2. The molecule has 0 aliphatic heterocycles. The first-order chi connectivity index (χ1) is 12.3. The van der Waals surface area contributed by atoms with Gasteiger partial charge in [0.05, 0.1) is 4.88 Å². The van der Waals surface area contributed by atoms with Crippen molar-refractivity contribution in [1.29, 1.82) is 0 Å². The first-order valence-electron chi connectivity index (χ1n) is 8.41. The van der Waals surface area contributed by atoms with Crippen LogP contribution in [0.15, 0.2) is 35.7 Å². The van der Waals surface area contributed by atoms with Gasteiger partial charge in [-0.2, -0.15) is 0 Å². The van der Waals surface area contributed by atoms with Crippen molar-refractivity contribution >= 4 is 29.0 Å². The average molecular weight is 373 g/mol. The normalized spacial score (nSPS) is 11.9. The number of thiophene rings is 1. The molecule has 1 aromatic heterocycles. The van der Waals surface area contributed by atoms with Crippen LogP contribution in [0.5, 0.6) is 0 Å². The highest BCUT2D eigenvalue weighted by Gasteiger charge is 2.27. The summed E-state index contributed by atoms with van der Waals surface area (Å²) in [6.45, 7) is 7.07. The van der Waals surface area contributed by atoms with E-state index >= 15 is 0 Å². The molecule has 0 saturated carbocycles. The third kappa shape index (κ3) is 5.02. The Morgan fingerprint density at radius 2 is 1.88 bits per heavy atom. The molecule has 1 atom stereocenters. The van der Waals surface area contributed by atoms with Crippen molar-refractivity contribution in [3.05, 3.63) is 57.3 Å². The van der Waals surface area contributed by atoms with Gasteiger partial charge in [-0.3, -0.25) is 9.59 Å². The number of Topliss-reactive ketones (excluding diaryl/α,β-unsaturated/α-hetero) is 1. The van der Waals surface area contributed by atoms with Crippen molar-refractivity contribution in [2.45, 2.75) is 33.7 Å². The van der Waals surface area contributed by atoms with Crippen LogP contribution >= 0.6 is 11.3 Å². The number of nitrogens with one attached hydrogen (secondary N) is 1. The second kappa shape index (κ2) is 8.76. The van der Waals surface area contributed by atoms with Gasteiger partial charge in [0.15, 0.2) is 6.61 Å². The maximum absolute atomic E-state index is 12.4. The van der Waals surface area contributed by atoms with Gasteiger partial charge in [-0.05, 0) is 36.8 Å². The highest BCUT2D eigenvalue weighted by Crippen LogP contribution is 2.13. The van der Waals surface area contributed by atoms with Gasteiger partial charge in [-0.15, -0.1) is 11.3 Å². The van der Waals surface area contributed by atoms with Crippen molar-refractivity contribution in [3.63, 3.8) is 0 Å². The van der Waals surface area contributed by atoms with Crippen molar-refractivity contribution in [3.8, 4) is 0 Å². The lowest BCUT2D eigenvalue weighted by Crippen LogP contribution is -2.45. The largest absolute Gasteiger partial charge is 0.456 e. The van der Waals surface area contributed by atoms with E-state index in [0.29, 0.717) is 10.4 Å². The number of rotatable bonds is 7. The smallest absolute Gasteiger partial charge is 0.329 e. The molecule has 1 amide bonds. The molecule has 0 bridgehead atoms. The van der Waals surface area contributed by atoms with E-state index in [-0.39, 0.29) is 24.2 Å². The minimum Gasteiger partial charge on any atom is -0.456 e. The summed E-state index contributed by atoms with van der Waals surface area (Å²) in [7, 11) is 0. The Hall–Kier alpha value is -2.47. The van der Waals surface area contributed by atoms with Crippen molar-refractivity contribution in [2.24, 2.45) is 5.92 Å². The van der Waals surface area contributed by atoms with Crippen LogP contribution in [-0.2, 0) is 9.53 Å². The average Bonchev–Trinajstić information content (AvgIpc) is 3.11. The first-order valence-corrected chi connectivity index (χ1v) is 9.29. The number of hydrogen-bond donors (Lipinski definition) is 1. The van der Waals surface area contributed by atoms with Gasteiger partial charge in [0.1, 0.15) is 6.04 Å². The molecule has 26 heavy (non-hydrogen) atoms. The van der Waals surface area contributed by atoms with E-state index in [0.717, 1.165) is 11.1 Å². The molecule has 5 nitrogen and oxygen atoms in total. The van der Waals surface area contributed by atoms with Crippen LogP contribution in [0, 0.1) is 19.8 Å². The molecule has 6 heteroatoms. The van der Waals surface area contributed by atoms with Gasteiger partial charge in [-0.25, -0.2) is 4.79 Å². The number of carbonyl (C=O) groups is 3. The van der Waals surface area contributed by atoms with Gasteiger partial charge in [0.2, 0.25) is 5.78 Å². The zero-order chi connectivity index (χ0) is 19.3. The van der Waals surface area contributed by atoms with Gasteiger partial charge in [-0.1, -0.05) is 43.7 Å². The zero-order valence-electron chi connectivity index (χ0n) is 15.4. The van der Waals surface area contributed by atoms with Gasteiger partial charge >= 0.3 is 5.97 Å². The third-order valence-corrected chi connectivity index (χ3v) is 4.85. The fourth-order valence-corrected chi connectivity index (χ4v) is 3.18. The molecule has 138 valence electrons. The predicted octanol–water partition coefficient (Wildman–Crippen LogP) is 3.55. The van der Waals surface area contributed by atoms with E-state index < -0.39 is 12.0 Å². The lowest BCUT2D eigenvalue weighted by Gasteiger charge is -2.20. The Labute approximate surface area is 157 Å². The molecule has 0 aliphatic rings. The first kappa shape index (κ1) is 19.8. The number of amides is 1. The maximum Gasteiger partial charge on any atom is 0.329 e. The Morgan fingerprint density at radius 1 is 1.15 bits per heavy atom. The Balaban J connectivity index is 1.99. The summed E-state index contributed by atoms with van der Waals surface area (Å²) in [5.74, 6) is -1.36. The van der Waals surface area contributed by atoms with Gasteiger partial charge in [0, 0.05) is 5.56 Å². The Morgan fingerprint density at radius 3 is 2.46 bits per heavy atom. The van der Waals surface area contributed by atoms with Crippen molar-refractivity contribution in [1.82, 2.24) is 5.32 Å². The van der Waals surface area contributed by atoms with Crippen molar-refractivity contribution < 1.29 is 19.1 Å². The second-order valence-corrected chi connectivity index (χ2v) is 7.47. The third-order valence-electron chi connectivity index (χ3n) is 3.98. The van der Waals surface area contributed by atoms with Crippen LogP contribution < -0.4 is 5.32 Å². The van der Waals surface area contributed by atoms with Crippen molar-refractivity contribution in [2.75, 3.05) is 6.61 Å². The van der Waals surface area contributed by atoms with Crippen LogP contribution in [0.4, 0.5) is 0 Å².